The quantitative estimate of drug-likeness (QED) is 0.456. The van der Waals surface area contributed by atoms with Gasteiger partial charge in [-0.2, -0.15) is 0 Å². The van der Waals surface area contributed by atoms with Crippen LogP contribution in [-0.2, 0) is 0 Å². The Hall–Kier alpha value is -3.75. The monoisotopic (exact) mass is 482 g/mol. The van der Waals surface area contributed by atoms with Gasteiger partial charge in [-0.3, -0.25) is 9.36 Å². The zero-order chi connectivity index (χ0) is 24.8. The van der Waals surface area contributed by atoms with Gasteiger partial charge in [0.15, 0.2) is 11.5 Å². The molecular formula is C26H31FN4O4. The summed E-state index contributed by atoms with van der Waals surface area (Å²) in [6.07, 6.45) is 3.40. The molecule has 3 aromatic rings. The van der Waals surface area contributed by atoms with Crippen molar-refractivity contribution in [2.45, 2.75) is 20.8 Å². The number of imidazole rings is 1. The van der Waals surface area contributed by atoms with E-state index in [0.29, 0.717) is 80.4 Å². The smallest absolute Gasteiger partial charge is 0.254 e. The minimum Gasteiger partial charge on any atom is -0.490 e. The summed E-state index contributed by atoms with van der Waals surface area (Å²) in [5, 5.41) is 0. The van der Waals surface area contributed by atoms with Crippen LogP contribution in [0.25, 0.3) is 5.69 Å². The second kappa shape index (κ2) is 11.1. The summed E-state index contributed by atoms with van der Waals surface area (Å²) in [5.74, 6) is 1.74. The van der Waals surface area contributed by atoms with E-state index in [0.717, 1.165) is 0 Å². The molecular weight excluding hydrogens is 451 g/mol. The Bertz CT molecular complexity index is 1130. The van der Waals surface area contributed by atoms with E-state index in [2.05, 4.69) is 9.88 Å². The zero-order valence-electron chi connectivity index (χ0n) is 20.4. The molecule has 1 fully saturated rings. The highest BCUT2D eigenvalue weighted by atomic mass is 19.1. The standard InChI is InChI=1S/C26H31FN4O4/c1-4-33-22-17-19(18-23(34-5-2)24(22)35-6-3)25(32)29-13-15-30(16-14-29)26-28-11-12-31(26)21-10-8-7-9-20(21)27/h7-12,17-18H,4-6,13-16H2,1-3H3. The SMILES string of the molecule is CCOc1cc(C(=O)N2CCN(c3nccn3-c3ccccc3F)CC2)cc(OCC)c1OCC. The molecule has 0 spiro atoms. The van der Waals surface area contributed by atoms with Gasteiger partial charge in [-0.25, -0.2) is 9.37 Å². The number of para-hydroxylation sites is 1. The summed E-state index contributed by atoms with van der Waals surface area (Å²) in [6, 6.07) is 10.0. The number of aromatic nitrogens is 2. The lowest BCUT2D eigenvalue weighted by atomic mass is 10.1. The molecule has 2 heterocycles. The number of piperazine rings is 1. The summed E-state index contributed by atoms with van der Waals surface area (Å²) in [6.45, 7) is 9.15. The van der Waals surface area contributed by atoms with Crippen LogP contribution in [0.3, 0.4) is 0 Å². The van der Waals surface area contributed by atoms with Gasteiger partial charge in [0, 0.05) is 44.1 Å². The first-order chi connectivity index (χ1) is 17.1. The molecule has 8 nitrogen and oxygen atoms in total. The van der Waals surface area contributed by atoms with Crippen LogP contribution in [0.5, 0.6) is 17.2 Å². The van der Waals surface area contributed by atoms with Crippen molar-refractivity contribution >= 4 is 11.9 Å². The summed E-state index contributed by atoms with van der Waals surface area (Å²) in [5.41, 5.74) is 0.932. The van der Waals surface area contributed by atoms with Gasteiger partial charge in [0.25, 0.3) is 5.91 Å². The highest BCUT2D eigenvalue weighted by molar-refractivity contribution is 5.95. The van der Waals surface area contributed by atoms with Crippen molar-refractivity contribution in [1.29, 1.82) is 0 Å². The van der Waals surface area contributed by atoms with E-state index in [9.17, 15) is 9.18 Å². The molecule has 1 saturated heterocycles. The maximum absolute atomic E-state index is 14.4. The third-order valence-corrected chi connectivity index (χ3v) is 5.74. The number of hydrogen-bond donors (Lipinski definition) is 0. The molecule has 0 atom stereocenters. The number of nitrogens with zero attached hydrogens (tertiary/aromatic N) is 4. The zero-order valence-corrected chi connectivity index (χ0v) is 20.4. The highest BCUT2D eigenvalue weighted by Gasteiger charge is 2.27. The van der Waals surface area contributed by atoms with Crippen LogP contribution in [-0.4, -0.2) is 66.4 Å². The van der Waals surface area contributed by atoms with Gasteiger partial charge in [0.2, 0.25) is 11.7 Å². The van der Waals surface area contributed by atoms with Gasteiger partial charge in [-0.15, -0.1) is 0 Å². The van der Waals surface area contributed by atoms with E-state index < -0.39 is 0 Å². The van der Waals surface area contributed by atoms with Crippen molar-refractivity contribution in [2.75, 3.05) is 50.9 Å². The number of amides is 1. The van der Waals surface area contributed by atoms with Crippen molar-refractivity contribution < 1.29 is 23.4 Å². The van der Waals surface area contributed by atoms with Gasteiger partial charge >= 0.3 is 0 Å². The summed E-state index contributed by atoms with van der Waals surface area (Å²) >= 11 is 0. The fourth-order valence-electron chi connectivity index (χ4n) is 4.17. The number of ether oxygens (including phenoxy) is 3. The minimum absolute atomic E-state index is 0.105. The average Bonchev–Trinajstić information content (AvgIpc) is 3.36. The second-order valence-electron chi connectivity index (χ2n) is 7.93. The van der Waals surface area contributed by atoms with Gasteiger partial charge < -0.3 is 24.0 Å². The molecule has 0 radical (unpaired) electrons. The summed E-state index contributed by atoms with van der Waals surface area (Å²) in [4.78, 5) is 21.7. The van der Waals surface area contributed by atoms with Gasteiger partial charge in [-0.1, -0.05) is 12.1 Å². The summed E-state index contributed by atoms with van der Waals surface area (Å²) in [7, 11) is 0. The van der Waals surface area contributed by atoms with Gasteiger partial charge in [0.05, 0.1) is 25.5 Å². The topological polar surface area (TPSA) is 69.1 Å². The van der Waals surface area contributed by atoms with Crippen LogP contribution in [0.15, 0.2) is 48.8 Å². The third-order valence-electron chi connectivity index (χ3n) is 5.74. The van der Waals surface area contributed by atoms with E-state index in [1.165, 1.54) is 6.07 Å². The molecule has 9 heteroatoms. The molecule has 186 valence electrons. The first-order valence-corrected chi connectivity index (χ1v) is 12.0. The number of carbonyl (C=O) groups excluding carboxylic acids is 1. The van der Waals surface area contributed by atoms with E-state index in [1.807, 2.05) is 20.8 Å². The van der Waals surface area contributed by atoms with E-state index in [4.69, 9.17) is 14.2 Å². The Morgan fingerprint density at radius 2 is 1.57 bits per heavy atom. The van der Waals surface area contributed by atoms with Gasteiger partial charge in [0.1, 0.15) is 5.82 Å². The number of hydrogen-bond acceptors (Lipinski definition) is 6. The lowest BCUT2D eigenvalue weighted by molar-refractivity contribution is 0.0745. The van der Waals surface area contributed by atoms with E-state index in [-0.39, 0.29) is 11.7 Å². The number of rotatable bonds is 9. The number of halogens is 1. The Labute approximate surface area is 204 Å². The maximum atomic E-state index is 14.4. The molecule has 0 N–H and O–H groups in total. The minimum atomic E-state index is -0.314. The Balaban J connectivity index is 1.51. The second-order valence-corrected chi connectivity index (χ2v) is 7.93. The lowest BCUT2D eigenvalue weighted by Gasteiger charge is -2.35. The van der Waals surface area contributed by atoms with Crippen molar-refractivity contribution in [3.63, 3.8) is 0 Å². The van der Waals surface area contributed by atoms with Crippen LogP contribution in [0, 0.1) is 5.82 Å². The van der Waals surface area contributed by atoms with Crippen LogP contribution in [0.4, 0.5) is 10.3 Å². The first-order valence-electron chi connectivity index (χ1n) is 12.0. The maximum Gasteiger partial charge on any atom is 0.254 e. The molecule has 1 aromatic heterocycles. The van der Waals surface area contributed by atoms with Crippen LogP contribution in [0.2, 0.25) is 0 Å². The first kappa shape index (κ1) is 24.4. The van der Waals surface area contributed by atoms with Crippen LogP contribution < -0.4 is 19.1 Å². The molecule has 2 aromatic carbocycles. The van der Waals surface area contributed by atoms with Crippen molar-refractivity contribution in [3.8, 4) is 22.9 Å². The van der Waals surface area contributed by atoms with Crippen LogP contribution in [0.1, 0.15) is 31.1 Å². The normalized spacial score (nSPS) is 13.6. The predicted molar refractivity (Wildman–Crippen MR) is 132 cm³/mol. The predicted octanol–water partition coefficient (Wildman–Crippen LogP) is 4.17. The van der Waals surface area contributed by atoms with Crippen molar-refractivity contribution in [2.24, 2.45) is 0 Å². The number of carbonyl (C=O) groups is 1. The Kier molecular flexibility index (Phi) is 7.74. The van der Waals surface area contributed by atoms with E-state index in [1.54, 1.807) is 52.2 Å². The van der Waals surface area contributed by atoms with Crippen LogP contribution >= 0.6 is 0 Å². The fraction of sp³-hybridized carbons (Fsp3) is 0.385. The van der Waals surface area contributed by atoms with Crippen molar-refractivity contribution in [3.05, 3.63) is 60.2 Å². The molecule has 0 saturated carbocycles. The fourth-order valence-corrected chi connectivity index (χ4v) is 4.17. The Morgan fingerprint density at radius 3 is 2.17 bits per heavy atom. The van der Waals surface area contributed by atoms with Crippen molar-refractivity contribution in [1.82, 2.24) is 14.5 Å². The summed E-state index contributed by atoms with van der Waals surface area (Å²) < 4.78 is 33.4. The third kappa shape index (κ3) is 5.18. The number of anilines is 1. The average molecular weight is 483 g/mol. The highest BCUT2D eigenvalue weighted by Crippen LogP contribution is 2.39. The molecule has 1 aliphatic heterocycles. The Morgan fingerprint density at radius 1 is 0.943 bits per heavy atom. The number of benzene rings is 2. The molecule has 0 bridgehead atoms. The van der Waals surface area contributed by atoms with E-state index >= 15 is 0 Å². The van der Waals surface area contributed by atoms with Gasteiger partial charge in [-0.05, 0) is 45.0 Å². The largest absolute Gasteiger partial charge is 0.490 e. The molecule has 0 aliphatic carbocycles. The lowest BCUT2D eigenvalue weighted by Crippen LogP contribution is -2.49. The molecule has 35 heavy (non-hydrogen) atoms. The molecule has 1 aliphatic rings. The molecule has 4 rings (SSSR count). The molecule has 1 amide bonds. The molecule has 0 unspecified atom stereocenters.